The van der Waals surface area contributed by atoms with Gasteiger partial charge in [-0.05, 0) is 36.5 Å². The van der Waals surface area contributed by atoms with Crippen LogP contribution in [0.15, 0.2) is 36.5 Å². The van der Waals surface area contributed by atoms with Gasteiger partial charge in [-0.15, -0.1) is 0 Å². The van der Waals surface area contributed by atoms with Gasteiger partial charge in [-0.25, -0.2) is 4.98 Å². The molecule has 1 aromatic heterocycles. The fourth-order valence-electron chi connectivity index (χ4n) is 1.87. The summed E-state index contributed by atoms with van der Waals surface area (Å²) in [6.45, 7) is 0. The van der Waals surface area contributed by atoms with Gasteiger partial charge in [0.05, 0.1) is 14.2 Å². The lowest BCUT2D eigenvalue weighted by molar-refractivity contribution is 0.0971. The van der Waals surface area contributed by atoms with Crippen molar-refractivity contribution < 1.29 is 19.4 Å². The van der Waals surface area contributed by atoms with Crippen LogP contribution in [-0.2, 0) is 0 Å². The van der Waals surface area contributed by atoms with E-state index in [1.165, 1.54) is 26.5 Å². The summed E-state index contributed by atoms with van der Waals surface area (Å²) in [6.07, 6.45) is 1.48. The first-order chi connectivity index (χ1) is 11.1. The molecule has 120 valence electrons. The van der Waals surface area contributed by atoms with Gasteiger partial charge in [-0.2, -0.15) is 0 Å². The van der Waals surface area contributed by atoms with Crippen LogP contribution in [-0.4, -0.2) is 35.3 Å². The van der Waals surface area contributed by atoms with Crippen LogP contribution in [0.3, 0.4) is 0 Å². The molecule has 2 aromatic rings. The van der Waals surface area contributed by atoms with Crippen LogP contribution in [0.25, 0.3) is 0 Å². The molecule has 0 atom stereocenters. The van der Waals surface area contributed by atoms with Crippen LogP contribution in [0, 0.1) is 0 Å². The van der Waals surface area contributed by atoms with E-state index in [1.54, 1.807) is 24.3 Å². The molecule has 3 N–H and O–H groups in total. The Bertz CT molecular complexity index is 714. The van der Waals surface area contributed by atoms with Crippen molar-refractivity contribution in [2.24, 2.45) is 0 Å². The Balaban J connectivity index is 2.16. The number of amides is 1. The van der Waals surface area contributed by atoms with Gasteiger partial charge in [-0.3, -0.25) is 10.1 Å². The van der Waals surface area contributed by atoms with Crippen LogP contribution >= 0.6 is 12.2 Å². The van der Waals surface area contributed by atoms with Crippen LogP contribution < -0.4 is 20.1 Å². The zero-order valence-corrected chi connectivity index (χ0v) is 13.3. The number of rotatable bonds is 4. The Morgan fingerprint density at radius 1 is 1.17 bits per heavy atom. The minimum absolute atomic E-state index is 0.0167. The molecule has 0 saturated heterocycles. The number of methoxy groups -OCH3 is 2. The van der Waals surface area contributed by atoms with Gasteiger partial charge in [0.2, 0.25) is 0 Å². The first-order valence-corrected chi connectivity index (χ1v) is 6.95. The maximum atomic E-state index is 12.4. The molecule has 7 nitrogen and oxygen atoms in total. The number of carbonyl (C=O) groups excluding carboxylic acids is 1. The number of anilines is 1. The van der Waals surface area contributed by atoms with Crippen molar-refractivity contribution >= 4 is 29.1 Å². The summed E-state index contributed by atoms with van der Waals surface area (Å²) in [5, 5.41) is 14.8. The number of aromatic hydroxyl groups is 1. The molecule has 8 heteroatoms. The van der Waals surface area contributed by atoms with Crippen LogP contribution in [0.1, 0.15) is 10.4 Å². The van der Waals surface area contributed by atoms with Crippen molar-refractivity contribution in [3.63, 3.8) is 0 Å². The molecule has 2 rings (SSSR count). The number of hydrogen-bond donors (Lipinski definition) is 3. The minimum atomic E-state index is -0.507. The van der Waals surface area contributed by atoms with Gasteiger partial charge >= 0.3 is 0 Å². The number of pyridine rings is 1. The van der Waals surface area contributed by atoms with E-state index < -0.39 is 5.91 Å². The third kappa shape index (κ3) is 3.86. The second kappa shape index (κ2) is 7.41. The molecular formula is C15H15N3O4S. The molecule has 0 aliphatic heterocycles. The fourth-order valence-corrected chi connectivity index (χ4v) is 2.06. The number of hydrogen-bond acceptors (Lipinski definition) is 6. The van der Waals surface area contributed by atoms with E-state index in [2.05, 4.69) is 15.6 Å². The zero-order chi connectivity index (χ0) is 16.8. The van der Waals surface area contributed by atoms with Crippen molar-refractivity contribution in [3.05, 3.63) is 42.1 Å². The maximum Gasteiger partial charge on any atom is 0.264 e. The molecule has 1 heterocycles. The summed E-state index contributed by atoms with van der Waals surface area (Å²) in [4.78, 5) is 16.3. The van der Waals surface area contributed by atoms with E-state index in [4.69, 9.17) is 21.7 Å². The largest absolute Gasteiger partial charge is 0.504 e. The first kappa shape index (κ1) is 16.5. The second-order valence-electron chi connectivity index (χ2n) is 4.32. The third-order valence-corrected chi connectivity index (χ3v) is 3.10. The lowest BCUT2D eigenvalue weighted by Crippen LogP contribution is -2.34. The average molecular weight is 333 g/mol. The summed E-state index contributed by atoms with van der Waals surface area (Å²) in [5.74, 6) is 0.256. The van der Waals surface area contributed by atoms with E-state index in [1.807, 2.05) is 0 Å². The molecule has 0 radical (unpaired) electrons. The Morgan fingerprint density at radius 3 is 2.39 bits per heavy atom. The highest BCUT2D eigenvalue weighted by molar-refractivity contribution is 7.80. The zero-order valence-electron chi connectivity index (χ0n) is 12.5. The average Bonchev–Trinajstić information content (AvgIpc) is 2.55. The van der Waals surface area contributed by atoms with Crippen LogP contribution in [0.4, 0.5) is 5.82 Å². The first-order valence-electron chi connectivity index (χ1n) is 6.54. The van der Waals surface area contributed by atoms with Crippen molar-refractivity contribution in [3.8, 4) is 17.2 Å². The Hall–Kier alpha value is -2.87. The normalized spacial score (nSPS) is 9.83. The Kier molecular flexibility index (Phi) is 5.32. The second-order valence-corrected chi connectivity index (χ2v) is 4.73. The monoisotopic (exact) mass is 333 g/mol. The fraction of sp³-hybridized carbons (Fsp3) is 0.133. The molecule has 0 spiro atoms. The number of benzene rings is 1. The van der Waals surface area contributed by atoms with Crippen LogP contribution in [0.2, 0.25) is 0 Å². The smallest absolute Gasteiger partial charge is 0.264 e. The van der Waals surface area contributed by atoms with Crippen molar-refractivity contribution in [2.45, 2.75) is 0 Å². The highest BCUT2D eigenvalue weighted by Crippen LogP contribution is 2.28. The van der Waals surface area contributed by atoms with Gasteiger partial charge in [-0.1, -0.05) is 6.07 Å². The number of thiocarbonyl (C=S) groups is 1. The highest BCUT2D eigenvalue weighted by Gasteiger charge is 2.19. The van der Waals surface area contributed by atoms with Crippen LogP contribution in [0.5, 0.6) is 17.2 Å². The van der Waals surface area contributed by atoms with Gasteiger partial charge < -0.3 is 19.9 Å². The van der Waals surface area contributed by atoms with Gasteiger partial charge in [0.15, 0.2) is 16.7 Å². The van der Waals surface area contributed by atoms with Crippen molar-refractivity contribution in [1.29, 1.82) is 0 Å². The lowest BCUT2D eigenvalue weighted by Gasteiger charge is -2.14. The van der Waals surface area contributed by atoms with Gasteiger partial charge in [0.1, 0.15) is 17.1 Å². The van der Waals surface area contributed by atoms with E-state index in [9.17, 15) is 9.90 Å². The molecule has 1 aromatic carbocycles. The maximum absolute atomic E-state index is 12.4. The SMILES string of the molecule is COc1cccc(OC)c1C(=O)NC(=S)Nc1ncccc1O. The number of nitrogens with one attached hydrogen (secondary N) is 2. The molecule has 0 bridgehead atoms. The van der Waals surface area contributed by atoms with E-state index in [0.717, 1.165) is 0 Å². The molecule has 0 fully saturated rings. The standard InChI is InChI=1S/C15H15N3O4S/c1-21-10-6-3-7-11(22-2)12(10)14(20)18-15(23)17-13-9(19)5-4-8-16-13/h3-8,19H,1-2H3,(H2,16,17,18,20,23). The van der Waals surface area contributed by atoms with E-state index in [-0.39, 0.29) is 22.2 Å². The molecule has 0 unspecified atom stereocenters. The number of carbonyl (C=O) groups is 1. The van der Waals surface area contributed by atoms with Gasteiger partial charge in [0.25, 0.3) is 5.91 Å². The number of nitrogens with zero attached hydrogens (tertiary/aromatic N) is 1. The predicted octanol–water partition coefficient (Wildman–Crippen LogP) is 1.93. The summed E-state index contributed by atoms with van der Waals surface area (Å²) in [7, 11) is 2.90. The topological polar surface area (TPSA) is 92.7 Å². The molecule has 0 aliphatic carbocycles. The quantitative estimate of drug-likeness (QED) is 0.736. The molecule has 0 aliphatic rings. The molecule has 23 heavy (non-hydrogen) atoms. The highest BCUT2D eigenvalue weighted by atomic mass is 32.1. The number of aromatic nitrogens is 1. The lowest BCUT2D eigenvalue weighted by atomic mass is 10.1. The number of ether oxygens (including phenoxy) is 2. The Morgan fingerprint density at radius 2 is 1.83 bits per heavy atom. The predicted molar refractivity (Wildman–Crippen MR) is 89.1 cm³/mol. The summed E-state index contributed by atoms with van der Waals surface area (Å²) in [6, 6.07) is 8.00. The van der Waals surface area contributed by atoms with E-state index >= 15 is 0 Å². The van der Waals surface area contributed by atoms with E-state index in [0.29, 0.717) is 11.5 Å². The van der Waals surface area contributed by atoms with Crippen molar-refractivity contribution in [2.75, 3.05) is 19.5 Å². The Labute approximate surface area is 138 Å². The van der Waals surface area contributed by atoms with Crippen molar-refractivity contribution in [1.82, 2.24) is 10.3 Å². The minimum Gasteiger partial charge on any atom is -0.504 e. The summed E-state index contributed by atoms with van der Waals surface area (Å²) < 4.78 is 10.3. The van der Waals surface area contributed by atoms with Gasteiger partial charge in [0, 0.05) is 6.20 Å². The molecular weight excluding hydrogens is 318 g/mol. The third-order valence-electron chi connectivity index (χ3n) is 2.90. The summed E-state index contributed by atoms with van der Waals surface area (Å²) >= 11 is 5.06. The molecule has 0 saturated carbocycles. The summed E-state index contributed by atoms with van der Waals surface area (Å²) in [5.41, 5.74) is 0.215. The molecule has 1 amide bonds.